The van der Waals surface area contributed by atoms with Crippen LogP contribution in [0.25, 0.3) is 0 Å². The lowest BCUT2D eigenvalue weighted by Crippen LogP contribution is -2.35. The van der Waals surface area contributed by atoms with Crippen LogP contribution in [0.15, 0.2) is 40.9 Å². The summed E-state index contributed by atoms with van der Waals surface area (Å²) in [6, 6.07) is 9.75. The van der Waals surface area contributed by atoms with E-state index in [1.54, 1.807) is 24.3 Å². The Morgan fingerprint density at radius 1 is 1.09 bits per heavy atom. The monoisotopic (exact) mass is 316 g/mol. The lowest BCUT2D eigenvalue weighted by molar-refractivity contribution is 0.346. The van der Waals surface area contributed by atoms with E-state index in [4.69, 9.17) is 10.5 Å². The van der Waals surface area contributed by atoms with Crippen LogP contribution in [0.3, 0.4) is 0 Å². The number of hydrogen-bond acceptors (Lipinski definition) is 5. The van der Waals surface area contributed by atoms with Gasteiger partial charge in [-0.25, -0.2) is 8.42 Å². The fourth-order valence-electron chi connectivity index (χ4n) is 2.22. The van der Waals surface area contributed by atoms with Crippen molar-refractivity contribution in [2.24, 2.45) is 0 Å². The first kappa shape index (κ1) is 16.0. The molecule has 0 atom stereocenters. The number of hydrogen-bond donors (Lipinski definition) is 1. The van der Waals surface area contributed by atoms with Crippen molar-refractivity contribution in [3.8, 4) is 12.1 Å². The first-order valence-electron chi connectivity index (χ1n) is 6.95. The number of anilines is 1. The van der Waals surface area contributed by atoms with Crippen molar-refractivity contribution >= 4 is 15.7 Å². The Labute approximate surface area is 130 Å². The molecule has 22 heavy (non-hydrogen) atoms. The van der Waals surface area contributed by atoms with Gasteiger partial charge in [0.1, 0.15) is 17.7 Å². The van der Waals surface area contributed by atoms with E-state index >= 15 is 0 Å². The maximum atomic E-state index is 12.5. The average Bonchev–Trinajstić information content (AvgIpc) is 2.57. The van der Waals surface area contributed by atoms with E-state index in [0.717, 1.165) is 19.3 Å². The van der Waals surface area contributed by atoms with Gasteiger partial charge in [-0.15, -0.1) is 0 Å². The predicted molar refractivity (Wildman–Crippen MR) is 82.0 cm³/mol. The summed E-state index contributed by atoms with van der Waals surface area (Å²) in [6.45, 7) is 1.14. The molecule has 1 aliphatic rings. The molecule has 7 heteroatoms. The molecule has 0 unspecified atom stereocenters. The second-order valence-electron chi connectivity index (χ2n) is 4.92. The van der Waals surface area contributed by atoms with Crippen molar-refractivity contribution in [3.63, 3.8) is 0 Å². The predicted octanol–water partition coefficient (Wildman–Crippen LogP) is 2.20. The standard InChI is InChI=1S/C15H16N4O2S/c16-10-13(11-17)12-18-14-4-6-15(7-5-14)22(20,21)19-8-2-1-3-9-19/h4-7,12,18H,1-3,8-9H2. The molecule has 0 aliphatic carbocycles. The van der Waals surface area contributed by atoms with Gasteiger partial charge in [-0.3, -0.25) is 0 Å². The zero-order valence-electron chi connectivity index (χ0n) is 12.0. The van der Waals surface area contributed by atoms with Crippen molar-refractivity contribution in [1.82, 2.24) is 4.31 Å². The molecule has 1 aromatic rings. The number of allylic oxidation sites excluding steroid dienone is 1. The number of sulfonamides is 1. The maximum absolute atomic E-state index is 12.5. The Bertz CT molecular complexity index is 717. The number of nitrogens with zero attached hydrogens (tertiary/aromatic N) is 3. The molecule has 0 radical (unpaired) electrons. The molecule has 0 aromatic heterocycles. The van der Waals surface area contributed by atoms with Crippen LogP contribution in [0.1, 0.15) is 19.3 Å². The van der Waals surface area contributed by atoms with Gasteiger partial charge in [0.25, 0.3) is 0 Å². The molecule has 1 saturated heterocycles. The van der Waals surface area contributed by atoms with Crippen LogP contribution in [0.5, 0.6) is 0 Å². The second-order valence-corrected chi connectivity index (χ2v) is 6.85. The van der Waals surface area contributed by atoms with Crippen LogP contribution < -0.4 is 5.32 Å². The molecule has 0 bridgehead atoms. The molecule has 6 nitrogen and oxygen atoms in total. The summed E-state index contributed by atoms with van der Waals surface area (Å²) < 4.78 is 26.4. The van der Waals surface area contributed by atoms with Crippen molar-refractivity contribution in [2.75, 3.05) is 18.4 Å². The SMILES string of the molecule is N#CC(C#N)=CNc1ccc(S(=O)(=O)N2CCCCC2)cc1. The third-order valence-corrected chi connectivity index (χ3v) is 5.34. The summed E-state index contributed by atoms with van der Waals surface area (Å²) in [6.07, 6.45) is 4.15. The number of benzene rings is 1. The van der Waals surface area contributed by atoms with Crippen molar-refractivity contribution < 1.29 is 8.42 Å². The normalized spacial score (nSPS) is 15.4. The van der Waals surface area contributed by atoms with Crippen molar-refractivity contribution in [3.05, 3.63) is 36.0 Å². The minimum Gasteiger partial charge on any atom is -0.360 e. The van der Waals surface area contributed by atoms with Crippen LogP contribution in [0.2, 0.25) is 0 Å². The quantitative estimate of drug-likeness (QED) is 0.859. The Hall–Kier alpha value is -2.35. The lowest BCUT2D eigenvalue weighted by atomic mass is 10.2. The molecular formula is C15H16N4O2S. The van der Waals surface area contributed by atoms with Crippen LogP contribution in [0.4, 0.5) is 5.69 Å². The second kappa shape index (κ2) is 7.08. The molecule has 0 saturated carbocycles. The van der Waals surface area contributed by atoms with Crippen LogP contribution >= 0.6 is 0 Å². The Kier molecular flexibility index (Phi) is 5.16. The summed E-state index contributed by atoms with van der Waals surface area (Å²) in [7, 11) is -3.43. The Morgan fingerprint density at radius 3 is 2.23 bits per heavy atom. The molecule has 1 heterocycles. The molecule has 0 amide bonds. The summed E-state index contributed by atoms with van der Waals surface area (Å²) in [5.41, 5.74) is 0.561. The summed E-state index contributed by atoms with van der Waals surface area (Å²) in [5, 5.41) is 20.1. The highest BCUT2D eigenvalue weighted by Gasteiger charge is 2.25. The van der Waals surface area contributed by atoms with Crippen LogP contribution in [0, 0.1) is 22.7 Å². The highest BCUT2D eigenvalue weighted by atomic mass is 32.2. The van der Waals surface area contributed by atoms with Gasteiger partial charge >= 0.3 is 0 Å². The fraction of sp³-hybridized carbons (Fsp3) is 0.333. The van der Waals surface area contributed by atoms with E-state index in [1.165, 1.54) is 22.6 Å². The molecule has 2 rings (SSSR count). The third-order valence-electron chi connectivity index (χ3n) is 3.43. The average molecular weight is 316 g/mol. The van der Waals surface area contributed by atoms with E-state index in [2.05, 4.69) is 5.32 Å². The summed E-state index contributed by atoms with van der Waals surface area (Å²) in [5.74, 6) is 0. The minimum atomic E-state index is -3.43. The van der Waals surface area contributed by atoms with E-state index in [0.29, 0.717) is 18.8 Å². The molecule has 1 N–H and O–H groups in total. The van der Waals surface area contributed by atoms with Gasteiger partial charge in [0.2, 0.25) is 10.0 Å². The topological polar surface area (TPSA) is 97.0 Å². The van der Waals surface area contributed by atoms with Gasteiger partial charge in [-0.05, 0) is 37.1 Å². The van der Waals surface area contributed by atoms with E-state index in [1.807, 2.05) is 0 Å². The maximum Gasteiger partial charge on any atom is 0.243 e. The zero-order chi connectivity index (χ0) is 16.0. The van der Waals surface area contributed by atoms with E-state index in [9.17, 15) is 8.42 Å². The zero-order valence-corrected chi connectivity index (χ0v) is 12.8. The molecule has 1 aliphatic heterocycles. The van der Waals surface area contributed by atoms with Gasteiger partial charge in [-0.2, -0.15) is 14.8 Å². The number of piperidine rings is 1. The van der Waals surface area contributed by atoms with Crippen LogP contribution in [-0.4, -0.2) is 25.8 Å². The first-order valence-corrected chi connectivity index (χ1v) is 8.39. The minimum absolute atomic E-state index is 0.0509. The lowest BCUT2D eigenvalue weighted by Gasteiger charge is -2.25. The molecular weight excluding hydrogens is 300 g/mol. The van der Waals surface area contributed by atoms with Gasteiger partial charge in [0.15, 0.2) is 0 Å². The third kappa shape index (κ3) is 3.64. The van der Waals surface area contributed by atoms with E-state index in [-0.39, 0.29) is 10.5 Å². The van der Waals surface area contributed by atoms with Gasteiger partial charge < -0.3 is 5.32 Å². The number of rotatable bonds is 4. The Morgan fingerprint density at radius 2 is 1.68 bits per heavy atom. The smallest absolute Gasteiger partial charge is 0.243 e. The van der Waals surface area contributed by atoms with Crippen molar-refractivity contribution in [2.45, 2.75) is 24.2 Å². The molecule has 1 aromatic carbocycles. The molecule has 1 fully saturated rings. The number of nitrogens with one attached hydrogen (secondary N) is 1. The Balaban J connectivity index is 2.13. The van der Waals surface area contributed by atoms with Gasteiger partial charge in [-0.1, -0.05) is 6.42 Å². The highest BCUT2D eigenvalue weighted by molar-refractivity contribution is 7.89. The molecule has 0 spiro atoms. The first-order chi connectivity index (χ1) is 10.6. The van der Waals surface area contributed by atoms with Crippen LogP contribution in [-0.2, 0) is 10.0 Å². The highest BCUT2D eigenvalue weighted by Crippen LogP contribution is 2.22. The summed E-state index contributed by atoms with van der Waals surface area (Å²) in [4.78, 5) is 0.254. The largest absolute Gasteiger partial charge is 0.360 e. The molecule has 114 valence electrons. The van der Waals surface area contributed by atoms with E-state index < -0.39 is 10.0 Å². The number of nitriles is 2. The fourth-order valence-corrected chi connectivity index (χ4v) is 3.74. The van der Waals surface area contributed by atoms with Gasteiger partial charge in [0, 0.05) is 25.0 Å². The van der Waals surface area contributed by atoms with Gasteiger partial charge in [0.05, 0.1) is 4.90 Å². The summed E-state index contributed by atoms with van der Waals surface area (Å²) >= 11 is 0. The van der Waals surface area contributed by atoms with Crippen molar-refractivity contribution in [1.29, 1.82) is 10.5 Å².